The minimum atomic E-state index is 0.0536. The lowest BCUT2D eigenvalue weighted by atomic mass is 10.2. The molecule has 1 fully saturated rings. The minimum absolute atomic E-state index is 0.0536. The number of hydrogen-bond donors (Lipinski definition) is 0. The molecule has 1 saturated heterocycles. The number of unbranched alkanes of at least 4 members (excludes halogenated alkanes) is 1. The molecule has 1 aliphatic rings. The maximum absolute atomic E-state index is 8.80. The summed E-state index contributed by atoms with van der Waals surface area (Å²) in [6, 6.07) is 2.34. The van der Waals surface area contributed by atoms with Crippen LogP contribution in [-0.2, 0) is 0 Å². The van der Waals surface area contributed by atoms with Gasteiger partial charge in [0.1, 0.15) is 0 Å². The number of rotatable bonds is 4. The second kappa shape index (κ2) is 6.45. The summed E-state index contributed by atoms with van der Waals surface area (Å²) in [6.45, 7) is 7.20. The first-order chi connectivity index (χ1) is 7.27. The Balaban J connectivity index is 2.19. The van der Waals surface area contributed by atoms with Crippen molar-refractivity contribution in [3.63, 3.8) is 0 Å². The Morgan fingerprint density at radius 2 is 2.00 bits per heavy atom. The predicted octanol–water partition coefficient (Wildman–Crippen LogP) is 0.929. The minimum Gasteiger partial charge on any atom is -0.301 e. The Morgan fingerprint density at radius 3 is 2.53 bits per heavy atom. The van der Waals surface area contributed by atoms with E-state index in [-0.39, 0.29) is 6.04 Å². The van der Waals surface area contributed by atoms with Crippen LogP contribution >= 0.6 is 0 Å². The van der Waals surface area contributed by atoms with Crippen LogP contribution in [0, 0.1) is 23.7 Å². The molecule has 1 heterocycles. The molecule has 0 amide bonds. The van der Waals surface area contributed by atoms with Crippen LogP contribution in [0.1, 0.15) is 19.8 Å². The van der Waals surface area contributed by atoms with E-state index in [0.29, 0.717) is 0 Å². The SMILES string of the molecule is C#CCCCN1CCN(C(C)C#N)CC1. The van der Waals surface area contributed by atoms with Gasteiger partial charge in [-0.1, -0.05) is 0 Å². The lowest BCUT2D eigenvalue weighted by Crippen LogP contribution is -2.49. The first kappa shape index (κ1) is 12.0. The normalized spacial score (nSPS) is 20.5. The largest absolute Gasteiger partial charge is 0.301 e. The molecule has 0 bridgehead atoms. The summed E-state index contributed by atoms with van der Waals surface area (Å²) >= 11 is 0. The van der Waals surface area contributed by atoms with Crippen LogP contribution < -0.4 is 0 Å². The Morgan fingerprint density at radius 1 is 1.33 bits per heavy atom. The highest BCUT2D eigenvalue weighted by molar-refractivity contribution is 4.90. The molecule has 0 radical (unpaired) electrons. The van der Waals surface area contributed by atoms with Crippen LogP contribution in [-0.4, -0.2) is 48.6 Å². The molecule has 1 aliphatic heterocycles. The van der Waals surface area contributed by atoms with E-state index in [4.69, 9.17) is 11.7 Å². The van der Waals surface area contributed by atoms with Crippen molar-refractivity contribution >= 4 is 0 Å². The van der Waals surface area contributed by atoms with Crippen LogP contribution in [0.5, 0.6) is 0 Å². The molecule has 0 aliphatic carbocycles. The van der Waals surface area contributed by atoms with Crippen LogP contribution in [0.4, 0.5) is 0 Å². The fourth-order valence-corrected chi connectivity index (χ4v) is 1.86. The maximum atomic E-state index is 8.80. The first-order valence-electron chi connectivity index (χ1n) is 5.57. The summed E-state index contributed by atoms with van der Waals surface area (Å²) in [5.74, 6) is 2.66. The third-order valence-electron chi connectivity index (χ3n) is 2.94. The number of piperazine rings is 1. The van der Waals surface area contributed by atoms with E-state index in [0.717, 1.165) is 45.6 Å². The van der Waals surface area contributed by atoms with Crippen molar-refractivity contribution in [1.82, 2.24) is 9.80 Å². The molecular weight excluding hydrogens is 186 g/mol. The van der Waals surface area contributed by atoms with Gasteiger partial charge in [0.25, 0.3) is 0 Å². The van der Waals surface area contributed by atoms with Gasteiger partial charge in [-0.15, -0.1) is 12.3 Å². The topological polar surface area (TPSA) is 30.3 Å². The molecule has 1 unspecified atom stereocenters. The summed E-state index contributed by atoms with van der Waals surface area (Å²) in [5, 5.41) is 8.80. The highest BCUT2D eigenvalue weighted by Gasteiger charge is 2.19. The Hall–Kier alpha value is -1.03. The summed E-state index contributed by atoms with van der Waals surface area (Å²) in [5.41, 5.74) is 0. The van der Waals surface area contributed by atoms with Gasteiger partial charge in [0, 0.05) is 32.6 Å². The summed E-state index contributed by atoms with van der Waals surface area (Å²) < 4.78 is 0. The molecule has 3 heteroatoms. The molecular formula is C12H19N3. The number of nitrogens with zero attached hydrogens (tertiary/aromatic N) is 3. The summed E-state index contributed by atoms with van der Waals surface area (Å²) in [4.78, 5) is 4.66. The van der Waals surface area contributed by atoms with E-state index < -0.39 is 0 Å². The second-order valence-corrected chi connectivity index (χ2v) is 3.99. The zero-order chi connectivity index (χ0) is 11.1. The van der Waals surface area contributed by atoms with Crippen molar-refractivity contribution < 1.29 is 0 Å². The fourth-order valence-electron chi connectivity index (χ4n) is 1.86. The smallest absolute Gasteiger partial charge is 0.0950 e. The average molecular weight is 205 g/mol. The number of terminal acetylenes is 1. The van der Waals surface area contributed by atoms with Crippen LogP contribution in [0.25, 0.3) is 0 Å². The molecule has 0 aromatic heterocycles. The van der Waals surface area contributed by atoms with Gasteiger partial charge < -0.3 is 4.90 Å². The van der Waals surface area contributed by atoms with Crippen molar-refractivity contribution in [2.24, 2.45) is 0 Å². The fraction of sp³-hybridized carbons (Fsp3) is 0.750. The van der Waals surface area contributed by atoms with Gasteiger partial charge in [-0.25, -0.2) is 0 Å². The molecule has 1 rings (SSSR count). The second-order valence-electron chi connectivity index (χ2n) is 3.99. The van der Waals surface area contributed by atoms with E-state index in [1.54, 1.807) is 0 Å². The lowest BCUT2D eigenvalue weighted by Gasteiger charge is -2.35. The van der Waals surface area contributed by atoms with Gasteiger partial charge in [0.05, 0.1) is 12.1 Å². The van der Waals surface area contributed by atoms with E-state index in [1.807, 2.05) is 6.92 Å². The molecule has 0 N–H and O–H groups in total. The molecule has 0 aromatic rings. The van der Waals surface area contributed by atoms with E-state index in [2.05, 4.69) is 21.8 Å². The highest BCUT2D eigenvalue weighted by Crippen LogP contribution is 2.06. The Kier molecular flexibility index (Phi) is 5.18. The molecule has 0 aromatic carbocycles. The van der Waals surface area contributed by atoms with Crippen molar-refractivity contribution in [2.45, 2.75) is 25.8 Å². The van der Waals surface area contributed by atoms with Gasteiger partial charge >= 0.3 is 0 Å². The number of hydrogen-bond acceptors (Lipinski definition) is 3. The molecule has 82 valence electrons. The van der Waals surface area contributed by atoms with E-state index in [1.165, 1.54) is 0 Å². The summed E-state index contributed by atoms with van der Waals surface area (Å²) in [6.07, 6.45) is 7.17. The molecule has 0 spiro atoms. The first-order valence-corrected chi connectivity index (χ1v) is 5.57. The molecule has 0 saturated carbocycles. The zero-order valence-electron chi connectivity index (χ0n) is 9.45. The Labute approximate surface area is 92.7 Å². The molecule has 3 nitrogen and oxygen atoms in total. The highest BCUT2D eigenvalue weighted by atomic mass is 15.3. The van der Waals surface area contributed by atoms with E-state index >= 15 is 0 Å². The summed E-state index contributed by atoms with van der Waals surface area (Å²) in [7, 11) is 0. The number of nitriles is 1. The molecule has 1 atom stereocenters. The van der Waals surface area contributed by atoms with Gasteiger partial charge in [0.15, 0.2) is 0 Å². The zero-order valence-corrected chi connectivity index (χ0v) is 9.45. The molecule has 15 heavy (non-hydrogen) atoms. The van der Waals surface area contributed by atoms with Crippen molar-refractivity contribution in [3.05, 3.63) is 0 Å². The van der Waals surface area contributed by atoms with Crippen LogP contribution in [0.15, 0.2) is 0 Å². The van der Waals surface area contributed by atoms with Gasteiger partial charge in [-0.3, -0.25) is 4.90 Å². The van der Waals surface area contributed by atoms with Crippen molar-refractivity contribution in [3.8, 4) is 18.4 Å². The Bertz CT molecular complexity index is 253. The predicted molar refractivity (Wildman–Crippen MR) is 61.2 cm³/mol. The quantitative estimate of drug-likeness (QED) is 0.505. The van der Waals surface area contributed by atoms with Crippen LogP contribution in [0.3, 0.4) is 0 Å². The van der Waals surface area contributed by atoms with Crippen molar-refractivity contribution in [1.29, 1.82) is 5.26 Å². The standard InChI is InChI=1S/C12H19N3/c1-3-4-5-6-14-7-9-15(10-8-14)12(2)11-13/h1,12H,4-10H2,2H3. The van der Waals surface area contributed by atoms with Gasteiger partial charge in [0.2, 0.25) is 0 Å². The lowest BCUT2D eigenvalue weighted by molar-refractivity contribution is 0.119. The third-order valence-corrected chi connectivity index (χ3v) is 2.94. The monoisotopic (exact) mass is 205 g/mol. The van der Waals surface area contributed by atoms with Gasteiger partial charge in [-0.2, -0.15) is 5.26 Å². The average Bonchev–Trinajstić information content (AvgIpc) is 2.29. The van der Waals surface area contributed by atoms with Gasteiger partial charge in [-0.05, 0) is 19.9 Å². The van der Waals surface area contributed by atoms with Crippen molar-refractivity contribution in [2.75, 3.05) is 32.7 Å². The third kappa shape index (κ3) is 3.91. The van der Waals surface area contributed by atoms with Crippen LogP contribution in [0.2, 0.25) is 0 Å². The van der Waals surface area contributed by atoms with E-state index in [9.17, 15) is 0 Å². The maximum Gasteiger partial charge on any atom is 0.0950 e.